The maximum atomic E-state index is 13.4. The summed E-state index contributed by atoms with van der Waals surface area (Å²) in [6.45, 7) is 11.6. The predicted octanol–water partition coefficient (Wildman–Crippen LogP) is 5.79. The molecule has 4 rings (SSSR count). The van der Waals surface area contributed by atoms with Gasteiger partial charge in [-0.1, -0.05) is 40.2 Å². The van der Waals surface area contributed by atoms with Crippen molar-refractivity contribution in [2.75, 3.05) is 0 Å². The summed E-state index contributed by atoms with van der Waals surface area (Å²) in [6, 6.07) is 0. The second kappa shape index (κ2) is 7.56. The molecule has 160 valence electrons. The van der Waals surface area contributed by atoms with Gasteiger partial charge in [0.2, 0.25) is 0 Å². The van der Waals surface area contributed by atoms with Crippen LogP contribution in [0.3, 0.4) is 0 Å². The van der Waals surface area contributed by atoms with Gasteiger partial charge in [0, 0.05) is 18.3 Å². The topological polar surface area (TPSA) is 37.3 Å². The van der Waals surface area contributed by atoms with E-state index < -0.39 is 0 Å². The molecule has 0 bridgehead atoms. The lowest BCUT2D eigenvalue weighted by Gasteiger charge is -2.57. The van der Waals surface area contributed by atoms with Gasteiger partial charge < -0.3 is 5.11 Å². The quantitative estimate of drug-likeness (QED) is 0.600. The number of aliphatic hydroxyl groups excluding tert-OH is 1. The Morgan fingerprint density at radius 2 is 1.86 bits per heavy atom. The molecular weight excluding hydrogens is 356 g/mol. The van der Waals surface area contributed by atoms with Crippen molar-refractivity contribution >= 4 is 5.78 Å². The Labute approximate surface area is 177 Å². The average molecular weight is 397 g/mol. The molecule has 29 heavy (non-hydrogen) atoms. The highest BCUT2D eigenvalue weighted by atomic mass is 16.3. The molecular formula is C27H40O2. The molecule has 0 aromatic carbocycles. The Bertz CT molecular complexity index is 752. The van der Waals surface area contributed by atoms with E-state index in [1.54, 1.807) is 0 Å². The molecule has 3 saturated carbocycles. The van der Waals surface area contributed by atoms with Crippen LogP contribution in [0, 0.1) is 58.2 Å². The van der Waals surface area contributed by atoms with Crippen molar-refractivity contribution in [1.29, 1.82) is 0 Å². The van der Waals surface area contributed by atoms with Crippen molar-refractivity contribution in [1.82, 2.24) is 0 Å². The van der Waals surface area contributed by atoms with Crippen molar-refractivity contribution in [2.45, 2.75) is 92.1 Å². The summed E-state index contributed by atoms with van der Waals surface area (Å²) >= 11 is 0. The van der Waals surface area contributed by atoms with E-state index in [1.807, 2.05) is 6.08 Å². The van der Waals surface area contributed by atoms with Crippen LogP contribution in [0.4, 0.5) is 0 Å². The first-order valence-corrected chi connectivity index (χ1v) is 12.1. The Balaban J connectivity index is 1.58. The van der Waals surface area contributed by atoms with Gasteiger partial charge in [0.25, 0.3) is 0 Å². The van der Waals surface area contributed by atoms with E-state index in [2.05, 4.69) is 46.5 Å². The van der Waals surface area contributed by atoms with Crippen LogP contribution in [0.1, 0.15) is 86.0 Å². The highest BCUT2D eigenvalue weighted by Crippen LogP contribution is 2.66. The first-order valence-electron chi connectivity index (χ1n) is 12.1. The van der Waals surface area contributed by atoms with Gasteiger partial charge in [-0.3, -0.25) is 4.79 Å². The number of carbonyl (C=O) groups excluding carboxylic acids is 1. The standard InChI is InChI=1S/C27H40O2/c1-17(2)7-6-8-18(3)21-9-10-22-25-23(12-14-27(21,22)5)26(4)13-11-20(28)15-19(26)16-24(25)29/h16-18,20-23,25,28H,8-15H2,1-5H3/t18?,20-,21+,22-,23-,25-,26-,27+/m0/s1. The average Bonchev–Trinajstić information content (AvgIpc) is 3.00. The zero-order valence-electron chi connectivity index (χ0n) is 19.1. The van der Waals surface area contributed by atoms with Crippen LogP contribution < -0.4 is 0 Å². The SMILES string of the molecule is CC(C)C#CCC(C)[C@H]1CC[C@H]2[C@@H]3C(=O)C=C4C[C@@H](O)CC[C@]4(C)[C@H]3CC[C@]12C. The lowest BCUT2D eigenvalue weighted by atomic mass is 9.46. The maximum absolute atomic E-state index is 13.4. The summed E-state index contributed by atoms with van der Waals surface area (Å²) in [5.74, 6) is 10.1. The molecule has 0 aliphatic heterocycles. The second-order valence-corrected chi connectivity index (χ2v) is 11.5. The molecule has 0 heterocycles. The van der Waals surface area contributed by atoms with Crippen molar-refractivity contribution in [2.24, 2.45) is 46.3 Å². The van der Waals surface area contributed by atoms with Crippen molar-refractivity contribution in [3.05, 3.63) is 11.6 Å². The van der Waals surface area contributed by atoms with Crippen LogP contribution >= 0.6 is 0 Å². The van der Waals surface area contributed by atoms with Crippen LogP contribution in [0.15, 0.2) is 11.6 Å². The van der Waals surface area contributed by atoms with Gasteiger partial charge in [-0.25, -0.2) is 0 Å². The molecule has 3 fully saturated rings. The van der Waals surface area contributed by atoms with E-state index >= 15 is 0 Å². The number of rotatable bonds is 2. The largest absolute Gasteiger partial charge is 0.393 e. The maximum Gasteiger partial charge on any atom is 0.159 e. The highest BCUT2D eigenvalue weighted by Gasteiger charge is 2.61. The first kappa shape index (κ1) is 21.2. The molecule has 0 spiro atoms. The van der Waals surface area contributed by atoms with Gasteiger partial charge in [0.1, 0.15) is 0 Å². The third-order valence-corrected chi connectivity index (χ3v) is 9.49. The number of allylic oxidation sites excluding steroid dienone is 1. The Morgan fingerprint density at radius 1 is 1.10 bits per heavy atom. The van der Waals surface area contributed by atoms with Crippen LogP contribution in [0.25, 0.3) is 0 Å². The number of aliphatic hydroxyl groups is 1. The van der Waals surface area contributed by atoms with E-state index in [4.69, 9.17) is 0 Å². The Hall–Kier alpha value is -1.07. The van der Waals surface area contributed by atoms with Gasteiger partial charge >= 0.3 is 0 Å². The fourth-order valence-corrected chi connectivity index (χ4v) is 7.92. The van der Waals surface area contributed by atoms with Gasteiger partial charge in [-0.2, -0.15) is 0 Å². The summed E-state index contributed by atoms with van der Waals surface area (Å²) in [4.78, 5) is 13.4. The third-order valence-electron chi connectivity index (χ3n) is 9.49. The predicted molar refractivity (Wildman–Crippen MR) is 118 cm³/mol. The number of fused-ring (bicyclic) bond motifs is 5. The molecule has 1 unspecified atom stereocenters. The minimum Gasteiger partial charge on any atom is -0.393 e. The van der Waals surface area contributed by atoms with Crippen LogP contribution in [-0.2, 0) is 4.79 Å². The zero-order chi connectivity index (χ0) is 21.0. The van der Waals surface area contributed by atoms with Gasteiger partial charge in [0.05, 0.1) is 6.10 Å². The van der Waals surface area contributed by atoms with Crippen LogP contribution in [0.2, 0.25) is 0 Å². The lowest BCUT2D eigenvalue weighted by Crippen LogP contribution is -2.53. The number of hydrogen-bond acceptors (Lipinski definition) is 2. The van der Waals surface area contributed by atoms with E-state index in [0.29, 0.717) is 41.8 Å². The molecule has 0 radical (unpaired) electrons. The molecule has 0 aromatic rings. The minimum absolute atomic E-state index is 0.131. The van der Waals surface area contributed by atoms with Gasteiger partial charge in [-0.05, 0) is 85.5 Å². The molecule has 0 amide bonds. The molecule has 2 nitrogen and oxygen atoms in total. The van der Waals surface area contributed by atoms with Crippen molar-refractivity contribution in [3.8, 4) is 11.8 Å². The zero-order valence-corrected chi connectivity index (χ0v) is 19.1. The number of carbonyl (C=O) groups is 1. The van der Waals surface area contributed by atoms with Gasteiger partial charge in [0.15, 0.2) is 5.78 Å². The molecule has 8 atom stereocenters. The highest BCUT2D eigenvalue weighted by molar-refractivity contribution is 5.94. The lowest BCUT2D eigenvalue weighted by molar-refractivity contribution is -0.135. The van der Waals surface area contributed by atoms with Crippen molar-refractivity contribution < 1.29 is 9.90 Å². The monoisotopic (exact) mass is 396 g/mol. The third kappa shape index (κ3) is 3.42. The second-order valence-electron chi connectivity index (χ2n) is 11.5. The fraction of sp³-hybridized carbons (Fsp3) is 0.815. The summed E-state index contributed by atoms with van der Waals surface area (Å²) in [5.41, 5.74) is 1.66. The molecule has 4 aliphatic carbocycles. The summed E-state index contributed by atoms with van der Waals surface area (Å²) < 4.78 is 0. The van der Waals surface area contributed by atoms with E-state index in [0.717, 1.165) is 19.3 Å². The van der Waals surface area contributed by atoms with E-state index in [-0.39, 0.29) is 22.9 Å². The van der Waals surface area contributed by atoms with Crippen LogP contribution in [0.5, 0.6) is 0 Å². The number of ketones is 1. The van der Waals surface area contributed by atoms with E-state index in [1.165, 1.54) is 31.3 Å². The van der Waals surface area contributed by atoms with Crippen molar-refractivity contribution in [3.63, 3.8) is 0 Å². The van der Waals surface area contributed by atoms with E-state index in [9.17, 15) is 9.90 Å². The first-order chi connectivity index (χ1) is 13.7. The Morgan fingerprint density at radius 3 is 2.59 bits per heavy atom. The molecule has 4 aliphatic rings. The molecule has 0 saturated heterocycles. The summed E-state index contributed by atoms with van der Waals surface area (Å²) in [5, 5.41) is 10.2. The Kier molecular flexibility index (Phi) is 5.52. The van der Waals surface area contributed by atoms with Crippen LogP contribution in [-0.4, -0.2) is 17.0 Å². The molecule has 2 heteroatoms. The fourth-order valence-electron chi connectivity index (χ4n) is 7.92. The summed E-state index contributed by atoms with van der Waals surface area (Å²) in [6.07, 6.45) is 10.2. The van der Waals surface area contributed by atoms with Gasteiger partial charge in [-0.15, -0.1) is 11.8 Å². The minimum atomic E-state index is -0.254. The summed E-state index contributed by atoms with van der Waals surface area (Å²) in [7, 11) is 0. The molecule has 0 aromatic heterocycles. The smallest absolute Gasteiger partial charge is 0.159 e. The normalized spacial score (nSPS) is 44.9. The number of hydrogen-bond donors (Lipinski definition) is 1. The molecule has 1 N–H and O–H groups in total.